The van der Waals surface area contributed by atoms with Gasteiger partial charge in [-0.2, -0.15) is 5.26 Å². The molecule has 0 spiro atoms. The van der Waals surface area contributed by atoms with Gasteiger partial charge in [0.05, 0.1) is 48.6 Å². The van der Waals surface area contributed by atoms with Crippen molar-refractivity contribution in [3.05, 3.63) is 82.5 Å². The lowest BCUT2D eigenvalue weighted by atomic mass is 10.1. The number of aromatic nitrogens is 7. The van der Waals surface area contributed by atoms with Crippen LogP contribution in [-0.2, 0) is 19.5 Å². The van der Waals surface area contributed by atoms with Gasteiger partial charge in [0.15, 0.2) is 5.69 Å². The predicted octanol–water partition coefficient (Wildman–Crippen LogP) is 3.54. The lowest BCUT2D eigenvalue weighted by Crippen LogP contribution is -2.23. The molecule has 1 fully saturated rings. The number of carbonyl (C=O) groups excluding carboxylic acids is 1. The van der Waals surface area contributed by atoms with Crippen LogP contribution in [0.5, 0.6) is 0 Å². The number of nitrogens with one attached hydrogen (secondary N) is 1. The first-order chi connectivity index (χ1) is 17.6. The van der Waals surface area contributed by atoms with Crippen molar-refractivity contribution in [2.75, 3.05) is 0 Å². The van der Waals surface area contributed by atoms with Crippen LogP contribution in [0, 0.1) is 11.3 Å². The van der Waals surface area contributed by atoms with Gasteiger partial charge in [0.25, 0.3) is 5.91 Å². The van der Waals surface area contributed by atoms with Crippen molar-refractivity contribution in [2.24, 2.45) is 0 Å². The number of nitriles is 1. The molecule has 1 N–H and O–H groups in total. The van der Waals surface area contributed by atoms with Crippen LogP contribution >= 0.6 is 11.6 Å². The standard InChI is InChI=1S/C25H22ClN9O/c26-19-5-7-33-15-29-21(23(33)9-19)10-28-25(36)22-14-35(32-31-22)13-20-12-34-11-18(16-3-4-16)8-17(2-1-6-27)24(34)30-20/h5,7-9,11-12,14-16H,1-4,10,13H2,(H,28,36). The minimum atomic E-state index is -0.340. The molecule has 1 amide bonds. The normalized spacial score (nSPS) is 13.3. The molecule has 5 aromatic heterocycles. The summed E-state index contributed by atoms with van der Waals surface area (Å²) in [4.78, 5) is 21.8. The molecule has 0 bridgehead atoms. The van der Waals surface area contributed by atoms with Crippen LogP contribution < -0.4 is 5.32 Å². The lowest BCUT2D eigenvalue weighted by Gasteiger charge is -2.06. The molecular formula is C25H22ClN9O. The second kappa shape index (κ2) is 9.09. The smallest absolute Gasteiger partial charge is 0.273 e. The van der Waals surface area contributed by atoms with E-state index in [1.165, 1.54) is 18.4 Å². The fourth-order valence-electron chi connectivity index (χ4n) is 4.39. The van der Waals surface area contributed by atoms with Crippen molar-refractivity contribution in [1.29, 1.82) is 5.26 Å². The molecule has 0 saturated heterocycles. The molecular weight excluding hydrogens is 478 g/mol. The average molecular weight is 500 g/mol. The Labute approximate surface area is 211 Å². The van der Waals surface area contributed by atoms with Gasteiger partial charge in [0.2, 0.25) is 0 Å². The lowest BCUT2D eigenvalue weighted by molar-refractivity contribution is 0.0945. The first kappa shape index (κ1) is 22.2. The summed E-state index contributed by atoms with van der Waals surface area (Å²) in [6.07, 6.45) is 12.8. The van der Waals surface area contributed by atoms with Crippen LogP contribution in [0.4, 0.5) is 0 Å². The van der Waals surface area contributed by atoms with E-state index in [0.29, 0.717) is 36.0 Å². The molecule has 5 heterocycles. The van der Waals surface area contributed by atoms with E-state index in [9.17, 15) is 4.79 Å². The molecule has 0 radical (unpaired) electrons. The molecule has 5 aromatic rings. The number of amides is 1. The van der Waals surface area contributed by atoms with Gasteiger partial charge in [-0.3, -0.25) is 4.79 Å². The van der Waals surface area contributed by atoms with E-state index in [-0.39, 0.29) is 18.1 Å². The second-order valence-electron chi connectivity index (χ2n) is 9.01. The topological polar surface area (TPSA) is 118 Å². The maximum Gasteiger partial charge on any atom is 0.273 e. The number of hydrogen-bond acceptors (Lipinski definition) is 6. The number of hydrogen-bond donors (Lipinski definition) is 1. The first-order valence-electron chi connectivity index (χ1n) is 11.7. The van der Waals surface area contributed by atoms with Gasteiger partial charge >= 0.3 is 0 Å². The highest BCUT2D eigenvalue weighted by Gasteiger charge is 2.25. The van der Waals surface area contributed by atoms with Gasteiger partial charge in [-0.05, 0) is 48.4 Å². The SMILES string of the molecule is N#CCCc1cc(C2CC2)cn2cc(Cn3cc(C(=O)NCc4ncn5ccc(Cl)cc45)nn3)nc12. The van der Waals surface area contributed by atoms with Gasteiger partial charge < -0.3 is 14.1 Å². The van der Waals surface area contributed by atoms with Crippen molar-refractivity contribution in [3.8, 4) is 6.07 Å². The number of aryl methyl sites for hydroxylation is 1. The quantitative estimate of drug-likeness (QED) is 0.349. The van der Waals surface area contributed by atoms with Gasteiger partial charge in [-0.1, -0.05) is 22.9 Å². The van der Waals surface area contributed by atoms with Crippen LogP contribution in [-0.4, -0.2) is 39.7 Å². The summed E-state index contributed by atoms with van der Waals surface area (Å²) in [7, 11) is 0. The summed E-state index contributed by atoms with van der Waals surface area (Å²) >= 11 is 6.09. The summed E-state index contributed by atoms with van der Waals surface area (Å²) < 4.78 is 5.48. The Morgan fingerprint density at radius 3 is 2.94 bits per heavy atom. The van der Waals surface area contributed by atoms with Crippen LogP contribution in [0.25, 0.3) is 11.2 Å². The third-order valence-electron chi connectivity index (χ3n) is 6.35. The van der Waals surface area contributed by atoms with Crippen LogP contribution in [0.3, 0.4) is 0 Å². The summed E-state index contributed by atoms with van der Waals surface area (Å²) in [6, 6.07) is 8.00. The number of imidazole rings is 2. The molecule has 180 valence electrons. The highest BCUT2D eigenvalue weighted by Crippen LogP contribution is 2.40. The maximum atomic E-state index is 12.7. The summed E-state index contributed by atoms with van der Waals surface area (Å²) in [6.45, 7) is 0.617. The molecule has 0 aliphatic heterocycles. The molecule has 1 aliphatic carbocycles. The van der Waals surface area contributed by atoms with Crippen LogP contribution in [0.2, 0.25) is 5.02 Å². The minimum Gasteiger partial charge on any atom is -0.345 e. The predicted molar refractivity (Wildman–Crippen MR) is 132 cm³/mol. The Hall–Kier alpha value is -4.23. The van der Waals surface area contributed by atoms with Crippen molar-refractivity contribution < 1.29 is 4.79 Å². The molecule has 36 heavy (non-hydrogen) atoms. The van der Waals surface area contributed by atoms with Crippen molar-refractivity contribution >= 4 is 28.7 Å². The van der Waals surface area contributed by atoms with Gasteiger partial charge in [0, 0.05) is 30.0 Å². The Morgan fingerprint density at radius 2 is 2.11 bits per heavy atom. The molecule has 6 rings (SSSR count). The molecule has 10 nitrogen and oxygen atoms in total. The fraction of sp³-hybridized carbons (Fsp3) is 0.280. The fourth-order valence-corrected chi connectivity index (χ4v) is 4.55. The molecule has 1 saturated carbocycles. The maximum absolute atomic E-state index is 12.7. The Morgan fingerprint density at radius 1 is 1.22 bits per heavy atom. The zero-order valence-corrected chi connectivity index (χ0v) is 20.1. The highest BCUT2D eigenvalue weighted by atomic mass is 35.5. The Balaban J connectivity index is 1.16. The molecule has 0 unspecified atom stereocenters. The number of fused-ring (bicyclic) bond motifs is 2. The van der Waals surface area contributed by atoms with Gasteiger partial charge in [-0.25, -0.2) is 14.6 Å². The van der Waals surface area contributed by atoms with E-state index in [1.54, 1.807) is 29.3 Å². The van der Waals surface area contributed by atoms with Crippen molar-refractivity contribution in [1.82, 2.24) is 39.1 Å². The number of rotatable bonds is 8. The monoisotopic (exact) mass is 499 g/mol. The zero-order valence-electron chi connectivity index (χ0n) is 19.3. The van der Waals surface area contributed by atoms with E-state index in [1.807, 2.05) is 21.2 Å². The summed E-state index contributed by atoms with van der Waals surface area (Å²) in [5.74, 6) is 0.266. The van der Waals surface area contributed by atoms with E-state index < -0.39 is 0 Å². The molecule has 11 heteroatoms. The van der Waals surface area contributed by atoms with E-state index in [2.05, 4.69) is 38.9 Å². The molecule has 1 aliphatic rings. The van der Waals surface area contributed by atoms with Crippen LogP contribution in [0.1, 0.15) is 58.2 Å². The van der Waals surface area contributed by atoms with Crippen LogP contribution in [0.15, 0.2) is 49.3 Å². The van der Waals surface area contributed by atoms with Crippen molar-refractivity contribution in [3.63, 3.8) is 0 Å². The Kier molecular flexibility index (Phi) is 5.62. The minimum absolute atomic E-state index is 0.214. The van der Waals surface area contributed by atoms with E-state index in [0.717, 1.165) is 22.4 Å². The van der Waals surface area contributed by atoms with E-state index in [4.69, 9.17) is 21.8 Å². The summed E-state index contributed by atoms with van der Waals surface area (Å²) in [5.41, 5.74) is 5.80. The number of nitrogens with zero attached hydrogens (tertiary/aromatic N) is 8. The molecule has 0 aromatic carbocycles. The number of pyridine rings is 2. The third-order valence-corrected chi connectivity index (χ3v) is 6.58. The molecule has 0 atom stereocenters. The van der Waals surface area contributed by atoms with Gasteiger partial charge in [-0.15, -0.1) is 5.10 Å². The number of carbonyl (C=O) groups is 1. The average Bonchev–Trinajstić information content (AvgIpc) is 3.29. The van der Waals surface area contributed by atoms with E-state index >= 15 is 0 Å². The Bertz CT molecular complexity index is 1640. The van der Waals surface area contributed by atoms with Gasteiger partial charge in [0.1, 0.15) is 5.65 Å². The first-order valence-corrected chi connectivity index (χ1v) is 12.1. The zero-order chi connectivity index (χ0) is 24.6. The highest BCUT2D eigenvalue weighted by molar-refractivity contribution is 6.30. The largest absolute Gasteiger partial charge is 0.345 e. The number of halogens is 1. The van der Waals surface area contributed by atoms with Crippen molar-refractivity contribution in [2.45, 2.75) is 44.7 Å². The summed E-state index contributed by atoms with van der Waals surface area (Å²) in [5, 5.41) is 20.6. The second-order valence-corrected chi connectivity index (χ2v) is 9.44. The third kappa shape index (κ3) is 4.41.